The minimum absolute atomic E-state index is 0.0509. The summed E-state index contributed by atoms with van der Waals surface area (Å²) in [6.07, 6.45) is -0.681. The number of nitrogens with one attached hydrogen (secondary N) is 1. The van der Waals surface area contributed by atoms with Crippen LogP contribution in [0, 0.1) is 0 Å². The standard InChI is InChI=1S/C6H13FN2/c1-8-6-4-9(2)3-5(6)7/h5-6,8H,3-4H2,1-2H3/t5-,6-/m1/s1. The van der Waals surface area contributed by atoms with E-state index in [1.807, 2.05) is 11.9 Å². The van der Waals surface area contributed by atoms with Gasteiger partial charge in [-0.3, -0.25) is 0 Å². The number of hydrogen-bond acceptors (Lipinski definition) is 2. The van der Waals surface area contributed by atoms with E-state index in [0.29, 0.717) is 6.54 Å². The van der Waals surface area contributed by atoms with Gasteiger partial charge >= 0.3 is 0 Å². The molecule has 3 heteroatoms. The number of rotatable bonds is 1. The topological polar surface area (TPSA) is 15.3 Å². The highest BCUT2D eigenvalue weighted by molar-refractivity contribution is 4.86. The summed E-state index contributed by atoms with van der Waals surface area (Å²) >= 11 is 0. The van der Waals surface area contributed by atoms with E-state index in [1.54, 1.807) is 7.05 Å². The molecule has 1 aliphatic heterocycles. The van der Waals surface area contributed by atoms with Crippen LogP contribution in [0.25, 0.3) is 0 Å². The molecule has 0 aromatic carbocycles. The first-order chi connectivity index (χ1) is 4.24. The summed E-state index contributed by atoms with van der Waals surface area (Å²) in [4.78, 5) is 1.99. The van der Waals surface area contributed by atoms with Gasteiger partial charge in [-0.05, 0) is 14.1 Å². The summed E-state index contributed by atoms with van der Waals surface area (Å²) in [7, 11) is 3.74. The molecule has 0 bridgehead atoms. The Bertz CT molecular complexity index is 97.1. The van der Waals surface area contributed by atoms with Gasteiger partial charge in [0.05, 0.1) is 6.04 Å². The largest absolute Gasteiger partial charge is 0.313 e. The monoisotopic (exact) mass is 132 g/mol. The van der Waals surface area contributed by atoms with Gasteiger partial charge in [0.2, 0.25) is 0 Å². The average molecular weight is 132 g/mol. The molecule has 1 N–H and O–H groups in total. The number of hydrogen-bond donors (Lipinski definition) is 1. The summed E-state index contributed by atoms with van der Waals surface area (Å²) in [6.45, 7) is 1.41. The maximum atomic E-state index is 12.7. The molecule has 0 aromatic heterocycles. The van der Waals surface area contributed by atoms with Crippen LogP contribution in [-0.2, 0) is 0 Å². The Hall–Kier alpha value is -0.150. The van der Waals surface area contributed by atoms with Crippen molar-refractivity contribution < 1.29 is 4.39 Å². The van der Waals surface area contributed by atoms with Crippen molar-refractivity contribution in [2.75, 3.05) is 27.2 Å². The van der Waals surface area contributed by atoms with Gasteiger partial charge in [-0.2, -0.15) is 0 Å². The average Bonchev–Trinajstić information content (AvgIpc) is 2.10. The molecule has 1 aliphatic rings. The SMILES string of the molecule is CN[C@@H]1CN(C)C[C@H]1F. The third-order valence-corrected chi connectivity index (χ3v) is 1.80. The molecule has 0 aliphatic carbocycles. The van der Waals surface area contributed by atoms with Gasteiger partial charge in [-0.25, -0.2) is 4.39 Å². The van der Waals surface area contributed by atoms with Gasteiger partial charge in [0, 0.05) is 13.1 Å². The maximum absolute atomic E-state index is 12.7. The fraction of sp³-hybridized carbons (Fsp3) is 1.00. The smallest absolute Gasteiger partial charge is 0.129 e. The zero-order valence-corrected chi connectivity index (χ0v) is 5.89. The Morgan fingerprint density at radius 2 is 2.22 bits per heavy atom. The van der Waals surface area contributed by atoms with Crippen molar-refractivity contribution in [3.63, 3.8) is 0 Å². The van der Waals surface area contributed by atoms with Crippen molar-refractivity contribution in [3.8, 4) is 0 Å². The summed E-state index contributed by atoms with van der Waals surface area (Å²) in [5.74, 6) is 0. The highest BCUT2D eigenvalue weighted by atomic mass is 19.1. The van der Waals surface area contributed by atoms with Crippen LogP contribution >= 0.6 is 0 Å². The van der Waals surface area contributed by atoms with Crippen LogP contribution in [0.2, 0.25) is 0 Å². The Morgan fingerprint density at radius 3 is 2.44 bits per heavy atom. The van der Waals surface area contributed by atoms with E-state index < -0.39 is 6.17 Å². The Morgan fingerprint density at radius 1 is 1.56 bits per heavy atom. The molecule has 1 heterocycles. The maximum Gasteiger partial charge on any atom is 0.129 e. The first-order valence-corrected chi connectivity index (χ1v) is 3.24. The van der Waals surface area contributed by atoms with E-state index in [2.05, 4.69) is 5.32 Å². The highest BCUT2D eigenvalue weighted by Crippen LogP contribution is 2.09. The van der Waals surface area contributed by atoms with E-state index in [1.165, 1.54) is 0 Å². The lowest BCUT2D eigenvalue weighted by Crippen LogP contribution is -2.33. The third-order valence-electron chi connectivity index (χ3n) is 1.80. The molecule has 0 saturated carbocycles. The van der Waals surface area contributed by atoms with Crippen LogP contribution in [0.1, 0.15) is 0 Å². The normalized spacial score (nSPS) is 37.7. The molecular weight excluding hydrogens is 119 g/mol. The predicted molar refractivity (Wildman–Crippen MR) is 35.2 cm³/mol. The molecule has 0 spiro atoms. The minimum Gasteiger partial charge on any atom is -0.313 e. The van der Waals surface area contributed by atoms with Crippen LogP contribution in [0.3, 0.4) is 0 Å². The van der Waals surface area contributed by atoms with E-state index in [0.717, 1.165) is 6.54 Å². The lowest BCUT2D eigenvalue weighted by molar-refractivity contribution is 0.297. The lowest BCUT2D eigenvalue weighted by Gasteiger charge is -2.08. The van der Waals surface area contributed by atoms with E-state index >= 15 is 0 Å². The first kappa shape index (κ1) is 6.96. The first-order valence-electron chi connectivity index (χ1n) is 3.24. The van der Waals surface area contributed by atoms with Gasteiger partial charge in [-0.1, -0.05) is 0 Å². The molecule has 2 nitrogen and oxygen atoms in total. The van der Waals surface area contributed by atoms with E-state index in [4.69, 9.17) is 0 Å². The van der Waals surface area contributed by atoms with Crippen LogP contribution in [-0.4, -0.2) is 44.3 Å². The van der Waals surface area contributed by atoms with E-state index in [-0.39, 0.29) is 6.04 Å². The number of likely N-dealkylation sites (tertiary alicyclic amines) is 1. The fourth-order valence-electron chi connectivity index (χ4n) is 1.22. The van der Waals surface area contributed by atoms with Crippen LogP contribution in [0.4, 0.5) is 4.39 Å². The number of nitrogens with zero attached hydrogens (tertiary/aromatic N) is 1. The molecule has 0 amide bonds. The van der Waals surface area contributed by atoms with Gasteiger partial charge < -0.3 is 10.2 Å². The second kappa shape index (κ2) is 2.62. The summed E-state index contributed by atoms with van der Waals surface area (Å²) in [6, 6.07) is 0.0509. The Kier molecular flexibility index (Phi) is 2.03. The van der Waals surface area contributed by atoms with Crippen molar-refractivity contribution in [1.29, 1.82) is 0 Å². The molecule has 1 saturated heterocycles. The fourth-order valence-corrected chi connectivity index (χ4v) is 1.22. The summed E-state index contributed by atoms with van der Waals surface area (Å²) in [5.41, 5.74) is 0. The van der Waals surface area contributed by atoms with Crippen molar-refractivity contribution in [2.45, 2.75) is 12.2 Å². The minimum atomic E-state index is -0.681. The van der Waals surface area contributed by atoms with Crippen molar-refractivity contribution >= 4 is 0 Å². The van der Waals surface area contributed by atoms with Gasteiger partial charge in [0.25, 0.3) is 0 Å². The summed E-state index contributed by atoms with van der Waals surface area (Å²) < 4.78 is 12.7. The van der Waals surface area contributed by atoms with Crippen LogP contribution in [0.5, 0.6) is 0 Å². The number of alkyl halides is 1. The number of halogens is 1. The van der Waals surface area contributed by atoms with Crippen LogP contribution in [0.15, 0.2) is 0 Å². The van der Waals surface area contributed by atoms with Crippen molar-refractivity contribution in [3.05, 3.63) is 0 Å². The Labute approximate surface area is 55.0 Å². The van der Waals surface area contributed by atoms with Gasteiger partial charge in [0.15, 0.2) is 0 Å². The predicted octanol–water partition coefficient (Wildman–Crippen LogP) is -0.142. The third kappa shape index (κ3) is 1.40. The molecular formula is C6H13FN2. The molecule has 2 atom stereocenters. The van der Waals surface area contributed by atoms with Crippen molar-refractivity contribution in [2.24, 2.45) is 0 Å². The molecule has 0 radical (unpaired) electrons. The number of likely N-dealkylation sites (N-methyl/N-ethyl adjacent to an activating group) is 2. The molecule has 54 valence electrons. The van der Waals surface area contributed by atoms with E-state index in [9.17, 15) is 4.39 Å². The van der Waals surface area contributed by atoms with Gasteiger partial charge in [-0.15, -0.1) is 0 Å². The zero-order valence-electron chi connectivity index (χ0n) is 5.89. The second-order valence-corrected chi connectivity index (χ2v) is 2.63. The Balaban J connectivity index is 2.38. The summed E-state index contributed by atoms with van der Waals surface area (Å²) in [5, 5.41) is 2.93. The van der Waals surface area contributed by atoms with Crippen LogP contribution < -0.4 is 5.32 Å². The van der Waals surface area contributed by atoms with Gasteiger partial charge in [0.1, 0.15) is 6.17 Å². The molecule has 0 unspecified atom stereocenters. The highest BCUT2D eigenvalue weighted by Gasteiger charge is 2.28. The molecule has 9 heavy (non-hydrogen) atoms. The molecule has 1 rings (SSSR count). The van der Waals surface area contributed by atoms with Crippen molar-refractivity contribution in [1.82, 2.24) is 10.2 Å². The zero-order chi connectivity index (χ0) is 6.85. The molecule has 0 aromatic rings. The quantitative estimate of drug-likeness (QED) is 0.534. The lowest BCUT2D eigenvalue weighted by atomic mass is 10.2. The second-order valence-electron chi connectivity index (χ2n) is 2.63. The molecule has 1 fully saturated rings.